The molecule has 0 aromatic rings. The largest absolute Gasteiger partial charge is 0.391 e. The minimum Gasteiger partial charge on any atom is -0.391 e. The van der Waals surface area contributed by atoms with Gasteiger partial charge in [0, 0.05) is 43.6 Å². The van der Waals surface area contributed by atoms with Crippen LogP contribution in [0.3, 0.4) is 0 Å². The van der Waals surface area contributed by atoms with Gasteiger partial charge >= 0.3 is 0 Å². The van der Waals surface area contributed by atoms with Crippen molar-refractivity contribution < 1.29 is 9.84 Å². The first-order valence-electron chi connectivity index (χ1n) is 8.60. The number of rotatable bonds is 2. The number of nitrogens with zero attached hydrogens (tertiary/aromatic N) is 2. The van der Waals surface area contributed by atoms with Crippen molar-refractivity contribution in [2.24, 2.45) is 16.3 Å². The molecule has 4 fully saturated rings. The molecule has 4 aliphatic rings. The molecule has 126 valence electrons. The van der Waals surface area contributed by atoms with Crippen LogP contribution < -0.4 is 5.32 Å². The lowest BCUT2D eigenvalue weighted by Gasteiger charge is -2.63. The summed E-state index contributed by atoms with van der Waals surface area (Å²) in [4.78, 5) is 6.91. The van der Waals surface area contributed by atoms with Crippen LogP contribution in [0.5, 0.6) is 0 Å². The summed E-state index contributed by atoms with van der Waals surface area (Å²) in [6, 6.07) is 0.529. The minimum absolute atomic E-state index is 0. The molecular weight excluding hydrogens is 393 g/mol. The number of hydrogen-bond donors (Lipinski definition) is 2. The molecule has 2 saturated heterocycles. The predicted molar refractivity (Wildman–Crippen MR) is 96.6 cm³/mol. The molecule has 6 heteroatoms. The van der Waals surface area contributed by atoms with E-state index in [1.165, 1.54) is 25.7 Å². The normalized spacial score (nSPS) is 39.0. The first kappa shape index (κ1) is 16.8. The topological polar surface area (TPSA) is 57.1 Å². The highest BCUT2D eigenvalue weighted by atomic mass is 127. The second-order valence-corrected chi connectivity index (χ2v) is 7.14. The fourth-order valence-electron chi connectivity index (χ4n) is 4.92. The van der Waals surface area contributed by atoms with Gasteiger partial charge in [-0.2, -0.15) is 0 Å². The lowest BCUT2D eigenvalue weighted by atomic mass is 9.46. The zero-order valence-electron chi connectivity index (χ0n) is 13.3. The lowest BCUT2D eigenvalue weighted by Crippen LogP contribution is -2.72. The number of aliphatic hydroxyl groups excluding tert-OH is 1. The van der Waals surface area contributed by atoms with Gasteiger partial charge in [0.25, 0.3) is 0 Å². The van der Waals surface area contributed by atoms with Gasteiger partial charge in [-0.05, 0) is 32.6 Å². The van der Waals surface area contributed by atoms with E-state index in [0.29, 0.717) is 23.5 Å². The smallest absolute Gasteiger partial charge is 0.194 e. The summed E-state index contributed by atoms with van der Waals surface area (Å²) in [5.74, 6) is 1.68. The molecule has 1 spiro atoms. The molecule has 0 aromatic carbocycles. The number of guanidine groups is 1. The number of halogens is 1. The van der Waals surface area contributed by atoms with Crippen molar-refractivity contribution in [3.63, 3.8) is 0 Å². The Morgan fingerprint density at radius 1 is 1.41 bits per heavy atom. The van der Waals surface area contributed by atoms with Crippen molar-refractivity contribution >= 4 is 29.9 Å². The highest BCUT2D eigenvalue weighted by Crippen LogP contribution is 2.62. The van der Waals surface area contributed by atoms with Crippen LogP contribution in [0.2, 0.25) is 0 Å². The summed E-state index contributed by atoms with van der Waals surface area (Å²) >= 11 is 0. The summed E-state index contributed by atoms with van der Waals surface area (Å²) < 4.78 is 5.99. The second-order valence-electron chi connectivity index (χ2n) is 7.14. The molecule has 2 heterocycles. The molecule has 3 unspecified atom stereocenters. The summed E-state index contributed by atoms with van der Waals surface area (Å²) in [5, 5.41) is 13.6. The van der Waals surface area contributed by atoms with Gasteiger partial charge in [-0.1, -0.05) is 6.42 Å². The Labute approximate surface area is 149 Å². The van der Waals surface area contributed by atoms with E-state index in [-0.39, 0.29) is 30.1 Å². The van der Waals surface area contributed by atoms with Crippen LogP contribution >= 0.6 is 24.0 Å². The number of aliphatic hydroxyl groups is 1. The Morgan fingerprint density at radius 2 is 2.23 bits per heavy atom. The number of β-amino-alcohol motifs (C(OH)–C–C–N with tert-alkyl or cyclic N) is 1. The van der Waals surface area contributed by atoms with Crippen LogP contribution in [-0.2, 0) is 4.74 Å². The van der Waals surface area contributed by atoms with E-state index in [2.05, 4.69) is 22.1 Å². The number of aliphatic imine (C=N–C) groups is 1. The van der Waals surface area contributed by atoms with E-state index < -0.39 is 0 Å². The van der Waals surface area contributed by atoms with Gasteiger partial charge in [-0.25, -0.2) is 0 Å². The molecule has 5 nitrogen and oxygen atoms in total. The van der Waals surface area contributed by atoms with Crippen molar-refractivity contribution in [2.75, 3.05) is 26.2 Å². The van der Waals surface area contributed by atoms with Crippen LogP contribution in [0.4, 0.5) is 0 Å². The highest BCUT2D eigenvalue weighted by molar-refractivity contribution is 14.0. The Balaban J connectivity index is 0.00000144. The molecule has 0 radical (unpaired) electrons. The van der Waals surface area contributed by atoms with Gasteiger partial charge in [0.1, 0.15) is 0 Å². The van der Waals surface area contributed by atoms with E-state index in [9.17, 15) is 5.11 Å². The Bertz CT molecular complexity index is 441. The van der Waals surface area contributed by atoms with Crippen LogP contribution in [0.15, 0.2) is 4.99 Å². The number of nitrogens with one attached hydrogen (secondary N) is 1. The summed E-state index contributed by atoms with van der Waals surface area (Å²) in [6.07, 6.45) is 6.28. The Hall–Kier alpha value is -0.0800. The first-order chi connectivity index (χ1) is 10.2. The van der Waals surface area contributed by atoms with Crippen LogP contribution in [0, 0.1) is 11.3 Å². The van der Waals surface area contributed by atoms with E-state index in [1.807, 2.05) is 0 Å². The molecule has 4 rings (SSSR count). The van der Waals surface area contributed by atoms with Crippen LogP contribution in [0.25, 0.3) is 0 Å². The standard InChI is InChI=1S/C16H27N3O2.HI/c1-2-17-15(19-8-4-11(20)10-19)18-13-12-5-9-21-14(12)16(13)6-3-7-16;/h11-14,20H,2-10H2,1H3,(H,17,18);1H/t11-,12?,13?,14?;/m1./s1. The van der Waals surface area contributed by atoms with Crippen molar-refractivity contribution in [1.29, 1.82) is 0 Å². The fraction of sp³-hybridized carbons (Fsp3) is 0.938. The third-order valence-electron chi connectivity index (χ3n) is 6.09. The predicted octanol–water partition coefficient (Wildman–Crippen LogP) is 1.59. The van der Waals surface area contributed by atoms with Crippen molar-refractivity contribution in [3.05, 3.63) is 0 Å². The van der Waals surface area contributed by atoms with Gasteiger partial charge < -0.3 is 20.1 Å². The zero-order valence-corrected chi connectivity index (χ0v) is 15.7. The highest BCUT2D eigenvalue weighted by Gasteiger charge is 2.66. The maximum absolute atomic E-state index is 9.79. The van der Waals surface area contributed by atoms with E-state index in [1.54, 1.807) is 0 Å². The number of fused-ring (bicyclic) bond motifs is 2. The maximum atomic E-state index is 9.79. The van der Waals surface area contributed by atoms with Crippen molar-refractivity contribution in [3.8, 4) is 0 Å². The SMILES string of the molecule is CCN=C(NC1C2CCOC2C12CCC2)N1CC[C@@H](O)C1.I. The molecule has 2 aliphatic heterocycles. The van der Waals surface area contributed by atoms with Gasteiger partial charge in [-0.15, -0.1) is 24.0 Å². The lowest BCUT2D eigenvalue weighted by molar-refractivity contribution is -0.171. The van der Waals surface area contributed by atoms with Gasteiger partial charge in [0.15, 0.2) is 5.96 Å². The summed E-state index contributed by atoms with van der Waals surface area (Å²) in [6.45, 7) is 5.43. The molecule has 2 N–H and O–H groups in total. The molecule has 0 amide bonds. The third kappa shape index (κ3) is 2.45. The van der Waals surface area contributed by atoms with E-state index >= 15 is 0 Å². The summed E-state index contributed by atoms with van der Waals surface area (Å²) in [7, 11) is 0. The molecule has 2 saturated carbocycles. The van der Waals surface area contributed by atoms with Gasteiger partial charge in [0.05, 0.1) is 12.2 Å². The number of likely N-dealkylation sites (tertiary alicyclic amines) is 1. The van der Waals surface area contributed by atoms with Crippen LogP contribution in [0.1, 0.15) is 39.0 Å². The average Bonchev–Trinajstić information content (AvgIpc) is 3.01. The molecule has 22 heavy (non-hydrogen) atoms. The second kappa shape index (κ2) is 6.43. The van der Waals surface area contributed by atoms with Gasteiger partial charge in [-0.3, -0.25) is 4.99 Å². The quantitative estimate of drug-likeness (QED) is 0.404. The Morgan fingerprint density at radius 3 is 2.82 bits per heavy atom. The molecular formula is C16H28IN3O2. The fourth-order valence-corrected chi connectivity index (χ4v) is 4.92. The molecule has 4 atom stereocenters. The molecule has 0 bridgehead atoms. The monoisotopic (exact) mass is 421 g/mol. The zero-order chi connectivity index (χ0) is 14.4. The van der Waals surface area contributed by atoms with Gasteiger partial charge in [0.2, 0.25) is 0 Å². The Kier molecular flexibility index (Phi) is 4.90. The van der Waals surface area contributed by atoms with Crippen molar-refractivity contribution in [1.82, 2.24) is 10.2 Å². The average molecular weight is 421 g/mol. The molecule has 0 aromatic heterocycles. The first-order valence-corrected chi connectivity index (χ1v) is 8.60. The molecule has 2 aliphatic carbocycles. The third-order valence-corrected chi connectivity index (χ3v) is 6.09. The van der Waals surface area contributed by atoms with E-state index in [4.69, 9.17) is 4.74 Å². The van der Waals surface area contributed by atoms with E-state index in [0.717, 1.165) is 38.6 Å². The number of ether oxygens (including phenoxy) is 1. The van der Waals surface area contributed by atoms with Crippen molar-refractivity contribution in [2.45, 2.75) is 57.3 Å². The number of hydrogen-bond acceptors (Lipinski definition) is 3. The minimum atomic E-state index is -0.199. The van der Waals surface area contributed by atoms with Crippen LogP contribution in [-0.4, -0.2) is 60.5 Å². The maximum Gasteiger partial charge on any atom is 0.194 e. The summed E-state index contributed by atoms with van der Waals surface area (Å²) in [5.41, 5.74) is 0.383.